The van der Waals surface area contributed by atoms with Crippen molar-refractivity contribution < 1.29 is 9.18 Å². The van der Waals surface area contributed by atoms with Gasteiger partial charge in [0.15, 0.2) is 0 Å². The zero-order chi connectivity index (χ0) is 13.0. The molecule has 0 radical (unpaired) electrons. The van der Waals surface area contributed by atoms with Crippen LogP contribution in [0, 0.1) is 12.9 Å². The summed E-state index contributed by atoms with van der Waals surface area (Å²) in [4.78, 5) is 19.2. The van der Waals surface area contributed by atoms with Gasteiger partial charge in [0.25, 0.3) is 5.91 Å². The molecule has 0 aliphatic carbocycles. The molecule has 0 fully saturated rings. The third kappa shape index (κ3) is 3.10. The van der Waals surface area contributed by atoms with E-state index in [0.717, 1.165) is 17.3 Å². The average molecular weight is 245 g/mol. The Hall–Kier alpha value is -2.30. The SMILES string of the molecule is Cc1ccc(CNC(=O)c2ccnc(F)c2)cn1. The number of halogens is 1. The molecule has 0 spiro atoms. The molecule has 2 heterocycles. The third-order valence-corrected chi connectivity index (χ3v) is 2.41. The smallest absolute Gasteiger partial charge is 0.251 e. The van der Waals surface area contributed by atoms with Crippen molar-refractivity contribution in [3.8, 4) is 0 Å². The van der Waals surface area contributed by atoms with Gasteiger partial charge in [0.2, 0.25) is 5.95 Å². The van der Waals surface area contributed by atoms with Gasteiger partial charge in [-0.05, 0) is 24.6 Å². The van der Waals surface area contributed by atoms with E-state index in [0.29, 0.717) is 6.54 Å². The number of hydrogen-bond donors (Lipinski definition) is 1. The van der Waals surface area contributed by atoms with Gasteiger partial charge in [-0.15, -0.1) is 0 Å². The average Bonchev–Trinajstić information content (AvgIpc) is 2.38. The maximum Gasteiger partial charge on any atom is 0.251 e. The normalized spacial score (nSPS) is 10.1. The van der Waals surface area contributed by atoms with Gasteiger partial charge in [0.05, 0.1) is 0 Å². The summed E-state index contributed by atoms with van der Waals surface area (Å²) in [7, 11) is 0. The number of rotatable bonds is 3. The molecule has 1 N–H and O–H groups in total. The van der Waals surface area contributed by atoms with Gasteiger partial charge in [-0.2, -0.15) is 4.39 Å². The monoisotopic (exact) mass is 245 g/mol. The number of nitrogens with one attached hydrogen (secondary N) is 1. The molecule has 0 aliphatic heterocycles. The molecule has 0 aromatic carbocycles. The molecule has 92 valence electrons. The van der Waals surface area contributed by atoms with Crippen molar-refractivity contribution >= 4 is 5.91 Å². The van der Waals surface area contributed by atoms with Crippen LogP contribution in [0.2, 0.25) is 0 Å². The fourth-order valence-corrected chi connectivity index (χ4v) is 1.43. The predicted molar refractivity (Wildman–Crippen MR) is 64.3 cm³/mol. The van der Waals surface area contributed by atoms with E-state index in [9.17, 15) is 9.18 Å². The van der Waals surface area contributed by atoms with Gasteiger partial charge in [0.1, 0.15) is 0 Å². The van der Waals surface area contributed by atoms with Crippen LogP contribution in [0.4, 0.5) is 4.39 Å². The first kappa shape index (κ1) is 12.2. The summed E-state index contributed by atoms with van der Waals surface area (Å²) in [6.07, 6.45) is 2.96. The summed E-state index contributed by atoms with van der Waals surface area (Å²) < 4.78 is 12.8. The molecular weight excluding hydrogens is 233 g/mol. The van der Waals surface area contributed by atoms with Crippen molar-refractivity contribution in [2.45, 2.75) is 13.5 Å². The van der Waals surface area contributed by atoms with Gasteiger partial charge in [-0.25, -0.2) is 4.98 Å². The number of carbonyl (C=O) groups is 1. The van der Waals surface area contributed by atoms with Crippen molar-refractivity contribution in [1.29, 1.82) is 0 Å². The lowest BCUT2D eigenvalue weighted by Crippen LogP contribution is -2.23. The van der Waals surface area contributed by atoms with E-state index in [-0.39, 0.29) is 11.5 Å². The highest BCUT2D eigenvalue weighted by molar-refractivity contribution is 5.93. The van der Waals surface area contributed by atoms with E-state index in [1.165, 1.54) is 12.3 Å². The lowest BCUT2D eigenvalue weighted by atomic mass is 10.2. The molecule has 0 atom stereocenters. The second-order valence-electron chi connectivity index (χ2n) is 3.86. The van der Waals surface area contributed by atoms with Crippen LogP contribution in [0.1, 0.15) is 21.6 Å². The number of pyridine rings is 2. The van der Waals surface area contributed by atoms with Gasteiger partial charge >= 0.3 is 0 Å². The zero-order valence-electron chi connectivity index (χ0n) is 9.85. The van der Waals surface area contributed by atoms with Crippen molar-refractivity contribution in [2.75, 3.05) is 0 Å². The topological polar surface area (TPSA) is 54.9 Å². The van der Waals surface area contributed by atoms with Crippen LogP contribution in [0.3, 0.4) is 0 Å². The summed E-state index contributed by atoms with van der Waals surface area (Å²) >= 11 is 0. The van der Waals surface area contributed by atoms with Crippen LogP contribution in [-0.4, -0.2) is 15.9 Å². The van der Waals surface area contributed by atoms with Crippen molar-refractivity contribution in [2.24, 2.45) is 0 Å². The van der Waals surface area contributed by atoms with Crippen LogP contribution in [0.15, 0.2) is 36.7 Å². The molecule has 5 heteroatoms. The Morgan fingerprint density at radius 3 is 2.83 bits per heavy atom. The molecule has 4 nitrogen and oxygen atoms in total. The Morgan fingerprint density at radius 2 is 2.17 bits per heavy atom. The van der Waals surface area contributed by atoms with Gasteiger partial charge in [0, 0.05) is 36.3 Å². The number of carbonyl (C=O) groups excluding carboxylic acids is 1. The van der Waals surface area contributed by atoms with Crippen LogP contribution in [0.5, 0.6) is 0 Å². The van der Waals surface area contributed by atoms with E-state index < -0.39 is 5.95 Å². The number of nitrogens with zero attached hydrogens (tertiary/aromatic N) is 2. The van der Waals surface area contributed by atoms with Crippen LogP contribution < -0.4 is 5.32 Å². The zero-order valence-corrected chi connectivity index (χ0v) is 9.85. The quantitative estimate of drug-likeness (QED) is 0.840. The lowest BCUT2D eigenvalue weighted by molar-refractivity contribution is 0.0950. The molecule has 0 unspecified atom stereocenters. The summed E-state index contributed by atoms with van der Waals surface area (Å²) in [5.74, 6) is -1.00. The minimum Gasteiger partial charge on any atom is -0.348 e. The van der Waals surface area contributed by atoms with Crippen LogP contribution in [0.25, 0.3) is 0 Å². The molecule has 0 aliphatic rings. The molecule has 0 bridgehead atoms. The van der Waals surface area contributed by atoms with Crippen molar-refractivity contribution in [3.63, 3.8) is 0 Å². The molecular formula is C13H12FN3O. The van der Waals surface area contributed by atoms with Gasteiger partial charge in [-0.1, -0.05) is 6.07 Å². The summed E-state index contributed by atoms with van der Waals surface area (Å²) in [6, 6.07) is 6.32. The maximum absolute atomic E-state index is 12.8. The summed E-state index contributed by atoms with van der Waals surface area (Å²) in [6.45, 7) is 2.25. The minimum absolute atomic E-state index is 0.252. The van der Waals surface area contributed by atoms with E-state index in [1.807, 2.05) is 19.1 Å². The van der Waals surface area contributed by atoms with Gasteiger partial charge < -0.3 is 5.32 Å². The number of amides is 1. The first-order valence-corrected chi connectivity index (χ1v) is 5.46. The predicted octanol–water partition coefficient (Wildman–Crippen LogP) is 1.85. The van der Waals surface area contributed by atoms with Crippen LogP contribution >= 0.6 is 0 Å². The number of hydrogen-bond acceptors (Lipinski definition) is 3. The maximum atomic E-state index is 12.8. The lowest BCUT2D eigenvalue weighted by Gasteiger charge is -2.05. The second kappa shape index (κ2) is 5.35. The molecule has 2 rings (SSSR count). The summed E-state index contributed by atoms with van der Waals surface area (Å²) in [5.41, 5.74) is 2.06. The Balaban J connectivity index is 1.98. The molecule has 18 heavy (non-hydrogen) atoms. The van der Waals surface area contributed by atoms with Crippen LogP contribution in [-0.2, 0) is 6.54 Å². The van der Waals surface area contributed by atoms with E-state index in [2.05, 4.69) is 15.3 Å². The fraction of sp³-hybridized carbons (Fsp3) is 0.154. The number of aromatic nitrogens is 2. The Bertz CT molecular complexity index is 554. The van der Waals surface area contributed by atoms with Crippen molar-refractivity contribution in [1.82, 2.24) is 15.3 Å². The minimum atomic E-state index is -0.667. The molecule has 2 aromatic heterocycles. The number of aryl methyl sites for hydroxylation is 1. The largest absolute Gasteiger partial charge is 0.348 e. The van der Waals surface area contributed by atoms with Crippen molar-refractivity contribution in [3.05, 3.63) is 59.4 Å². The highest BCUT2D eigenvalue weighted by atomic mass is 19.1. The van der Waals surface area contributed by atoms with E-state index >= 15 is 0 Å². The molecule has 2 aromatic rings. The standard InChI is InChI=1S/C13H12FN3O/c1-9-2-3-10(7-16-9)8-17-13(18)11-4-5-15-12(14)6-11/h2-7H,8H2,1H3,(H,17,18). The molecule has 0 saturated heterocycles. The molecule has 1 amide bonds. The Morgan fingerprint density at radius 1 is 1.33 bits per heavy atom. The van der Waals surface area contributed by atoms with E-state index in [4.69, 9.17) is 0 Å². The summed E-state index contributed by atoms with van der Waals surface area (Å²) in [5, 5.41) is 2.69. The molecule has 0 saturated carbocycles. The first-order chi connectivity index (χ1) is 8.65. The fourth-order valence-electron chi connectivity index (χ4n) is 1.43. The highest BCUT2D eigenvalue weighted by Crippen LogP contribution is 2.02. The van der Waals surface area contributed by atoms with E-state index in [1.54, 1.807) is 6.20 Å². The van der Waals surface area contributed by atoms with Gasteiger partial charge in [-0.3, -0.25) is 9.78 Å². The second-order valence-corrected chi connectivity index (χ2v) is 3.86. The first-order valence-electron chi connectivity index (χ1n) is 5.46. The Kier molecular flexibility index (Phi) is 3.62. The third-order valence-electron chi connectivity index (χ3n) is 2.41. The Labute approximate surface area is 104 Å². The highest BCUT2D eigenvalue weighted by Gasteiger charge is 2.06.